The van der Waals surface area contributed by atoms with Gasteiger partial charge in [-0.2, -0.15) is 0 Å². The van der Waals surface area contributed by atoms with Crippen LogP contribution in [0.1, 0.15) is 28.8 Å². The number of carbonyl (C=O) groups is 2. The fraction of sp³-hybridized carbons (Fsp3) is 0.263. The lowest BCUT2D eigenvalue weighted by molar-refractivity contribution is 0.0951. The van der Waals surface area contributed by atoms with Crippen molar-refractivity contribution in [2.45, 2.75) is 19.4 Å². The third-order valence-electron chi connectivity index (χ3n) is 4.17. The molecular formula is C19H22N4O2. The van der Waals surface area contributed by atoms with Gasteiger partial charge in [-0.05, 0) is 48.7 Å². The molecule has 130 valence electrons. The monoisotopic (exact) mass is 338 g/mol. The number of nitrogen functional groups attached to an aromatic ring is 1. The molecule has 2 aromatic carbocycles. The Kier molecular flexibility index (Phi) is 5.18. The predicted molar refractivity (Wildman–Crippen MR) is 98.3 cm³/mol. The smallest absolute Gasteiger partial charge is 0.321 e. The Morgan fingerprint density at radius 2 is 1.80 bits per heavy atom. The molecule has 0 atom stereocenters. The Bertz CT molecular complexity index is 770. The van der Waals surface area contributed by atoms with E-state index in [4.69, 9.17) is 5.73 Å². The Morgan fingerprint density at radius 3 is 2.56 bits per heavy atom. The average Bonchev–Trinajstić information content (AvgIpc) is 3.15. The number of nitrogens with one attached hydrogen (secondary N) is 2. The number of nitrogens with zero attached hydrogens (tertiary/aromatic N) is 1. The fourth-order valence-corrected chi connectivity index (χ4v) is 2.85. The molecule has 25 heavy (non-hydrogen) atoms. The largest absolute Gasteiger partial charge is 0.399 e. The van der Waals surface area contributed by atoms with Gasteiger partial charge in [-0.3, -0.25) is 4.79 Å². The van der Waals surface area contributed by atoms with Crippen LogP contribution in [0.15, 0.2) is 48.5 Å². The van der Waals surface area contributed by atoms with Gasteiger partial charge in [0.1, 0.15) is 0 Å². The molecule has 3 rings (SSSR count). The summed E-state index contributed by atoms with van der Waals surface area (Å²) in [5.41, 5.74) is 8.42. The summed E-state index contributed by atoms with van der Waals surface area (Å²) in [6.45, 7) is 1.99. The van der Waals surface area contributed by atoms with Crippen LogP contribution in [0.4, 0.5) is 16.2 Å². The van der Waals surface area contributed by atoms with Crippen molar-refractivity contribution in [3.05, 3.63) is 59.7 Å². The molecule has 0 aliphatic carbocycles. The minimum Gasteiger partial charge on any atom is -0.399 e. The quantitative estimate of drug-likeness (QED) is 0.749. The van der Waals surface area contributed by atoms with E-state index < -0.39 is 0 Å². The molecule has 3 amide bonds. The van der Waals surface area contributed by atoms with Crippen molar-refractivity contribution in [1.82, 2.24) is 10.2 Å². The third-order valence-corrected chi connectivity index (χ3v) is 4.17. The number of amides is 3. The number of carbonyl (C=O) groups excluding carboxylic acids is 2. The molecule has 6 nitrogen and oxygen atoms in total. The SMILES string of the molecule is Nc1cccc(C(=O)NCc2cccc(NC(=O)N3CCCC3)c2)c1. The minimum atomic E-state index is -0.182. The van der Waals surface area contributed by atoms with Gasteiger partial charge < -0.3 is 21.3 Å². The zero-order valence-corrected chi connectivity index (χ0v) is 14.0. The van der Waals surface area contributed by atoms with Crippen LogP contribution < -0.4 is 16.4 Å². The molecule has 4 N–H and O–H groups in total. The standard InChI is InChI=1S/C19H22N4O2/c20-16-7-4-6-15(12-16)18(24)21-13-14-5-3-8-17(11-14)22-19(25)23-9-1-2-10-23/h3-8,11-12H,1-2,9-10,13,20H2,(H,21,24)(H,22,25). The second kappa shape index (κ2) is 7.70. The summed E-state index contributed by atoms with van der Waals surface area (Å²) in [6.07, 6.45) is 2.12. The number of rotatable bonds is 4. The van der Waals surface area contributed by atoms with E-state index in [1.54, 1.807) is 24.3 Å². The summed E-state index contributed by atoms with van der Waals surface area (Å²) in [6, 6.07) is 14.3. The molecule has 0 radical (unpaired) electrons. The number of hydrogen-bond acceptors (Lipinski definition) is 3. The maximum Gasteiger partial charge on any atom is 0.321 e. The molecule has 0 saturated carbocycles. The van der Waals surface area contributed by atoms with Crippen LogP contribution in [-0.4, -0.2) is 29.9 Å². The third kappa shape index (κ3) is 4.50. The van der Waals surface area contributed by atoms with Crippen molar-refractivity contribution in [3.63, 3.8) is 0 Å². The zero-order chi connectivity index (χ0) is 17.6. The van der Waals surface area contributed by atoms with Gasteiger partial charge in [-0.25, -0.2) is 4.79 Å². The van der Waals surface area contributed by atoms with Crippen molar-refractivity contribution in [2.24, 2.45) is 0 Å². The highest BCUT2D eigenvalue weighted by Crippen LogP contribution is 2.14. The predicted octanol–water partition coefficient (Wildman–Crippen LogP) is 2.83. The van der Waals surface area contributed by atoms with Crippen LogP contribution in [0.25, 0.3) is 0 Å². The maximum atomic E-state index is 12.2. The molecular weight excluding hydrogens is 316 g/mol. The molecule has 0 unspecified atom stereocenters. The van der Waals surface area contributed by atoms with Gasteiger partial charge in [0.15, 0.2) is 0 Å². The first-order valence-electron chi connectivity index (χ1n) is 8.40. The topological polar surface area (TPSA) is 87.5 Å². The second-order valence-corrected chi connectivity index (χ2v) is 6.13. The molecule has 1 aliphatic rings. The van der Waals surface area contributed by atoms with Crippen LogP contribution in [0.2, 0.25) is 0 Å². The molecule has 0 spiro atoms. The Hall–Kier alpha value is -3.02. The van der Waals surface area contributed by atoms with E-state index in [1.165, 1.54) is 0 Å². The summed E-state index contributed by atoms with van der Waals surface area (Å²) < 4.78 is 0. The first-order valence-corrected chi connectivity index (χ1v) is 8.40. The van der Waals surface area contributed by atoms with Crippen molar-refractivity contribution in [1.29, 1.82) is 0 Å². The maximum absolute atomic E-state index is 12.2. The summed E-state index contributed by atoms with van der Waals surface area (Å²) in [7, 11) is 0. The molecule has 1 fully saturated rings. The van der Waals surface area contributed by atoms with Gasteiger partial charge in [0.05, 0.1) is 0 Å². The summed E-state index contributed by atoms with van der Waals surface area (Å²) in [5, 5.41) is 5.77. The average molecular weight is 338 g/mol. The molecule has 6 heteroatoms. The Morgan fingerprint density at radius 1 is 1.04 bits per heavy atom. The van der Waals surface area contributed by atoms with Crippen LogP contribution in [0, 0.1) is 0 Å². The van der Waals surface area contributed by atoms with E-state index in [1.807, 2.05) is 29.2 Å². The lowest BCUT2D eigenvalue weighted by Crippen LogP contribution is -2.32. The zero-order valence-electron chi connectivity index (χ0n) is 14.0. The van der Waals surface area contributed by atoms with Gasteiger partial charge in [-0.1, -0.05) is 18.2 Å². The van der Waals surface area contributed by atoms with Crippen molar-refractivity contribution < 1.29 is 9.59 Å². The minimum absolute atomic E-state index is 0.0709. The highest BCUT2D eigenvalue weighted by atomic mass is 16.2. The number of anilines is 2. The van der Waals surface area contributed by atoms with E-state index >= 15 is 0 Å². The molecule has 1 saturated heterocycles. The molecule has 0 bridgehead atoms. The van der Waals surface area contributed by atoms with Crippen LogP contribution in [0.3, 0.4) is 0 Å². The van der Waals surface area contributed by atoms with E-state index in [0.717, 1.165) is 37.2 Å². The van der Waals surface area contributed by atoms with Crippen molar-refractivity contribution in [3.8, 4) is 0 Å². The van der Waals surface area contributed by atoms with E-state index in [-0.39, 0.29) is 11.9 Å². The highest BCUT2D eigenvalue weighted by Gasteiger charge is 2.17. The number of urea groups is 1. The number of nitrogens with two attached hydrogens (primary N) is 1. The van der Waals surface area contributed by atoms with Crippen LogP contribution in [-0.2, 0) is 6.54 Å². The normalized spacial score (nSPS) is 13.5. The molecule has 1 aliphatic heterocycles. The van der Waals surface area contributed by atoms with Crippen LogP contribution in [0.5, 0.6) is 0 Å². The summed E-state index contributed by atoms with van der Waals surface area (Å²) in [4.78, 5) is 26.1. The first kappa shape index (κ1) is 16.8. The lowest BCUT2D eigenvalue weighted by Gasteiger charge is -2.16. The van der Waals surface area contributed by atoms with E-state index in [0.29, 0.717) is 17.8 Å². The number of likely N-dealkylation sites (tertiary alicyclic amines) is 1. The van der Waals surface area contributed by atoms with Gasteiger partial charge in [0.2, 0.25) is 0 Å². The number of benzene rings is 2. The Balaban J connectivity index is 1.58. The van der Waals surface area contributed by atoms with Crippen molar-refractivity contribution >= 4 is 23.3 Å². The molecule has 2 aromatic rings. The van der Waals surface area contributed by atoms with Gasteiger partial charge in [0, 0.05) is 36.6 Å². The molecule has 1 heterocycles. The highest BCUT2D eigenvalue weighted by molar-refractivity contribution is 5.95. The summed E-state index contributed by atoms with van der Waals surface area (Å²) >= 11 is 0. The van der Waals surface area contributed by atoms with Gasteiger partial charge >= 0.3 is 6.03 Å². The van der Waals surface area contributed by atoms with Crippen molar-refractivity contribution in [2.75, 3.05) is 24.1 Å². The lowest BCUT2D eigenvalue weighted by atomic mass is 10.1. The van der Waals surface area contributed by atoms with Crippen LogP contribution >= 0.6 is 0 Å². The Labute approximate surface area is 147 Å². The summed E-state index contributed by atoms with van der Waals surface area (Å²) in [5.74, 6) is -0.182. The number of hydrogen-bond donors (Lipinski definition) is 3. The van der Waals surface area contributed by atoms with E-state index in [9.17, 15) is 9.59 Å². The first-order chi connectivity index (χ1) is 12.1. The van der Waals surface area contributed by atoms with Gasteiger partial charge in [-0.15, -0.1) is 0 Å². The molecule has 0 aromatic heterocycles. The fourth-order valence-electron chi connectivity index (χ4n) is 2.85. The second-order valence-electron chi connectivity index (χ2n) is 6.13. The van der Waals surface area contributed by atoms with E-state index in [2.05, 4.69) is 10.6 Å². The van der Waals surface area contributed by atoms with Gasteiger partial charge in [0.25, 0.3) is 5.91 Å².